The van der Waals surface area contributed by atoms with Gasteiger partial charge in [0, 0.05) is 0 Å². The van der Waals surface area contributed by atoms with Crippen molar-refractivity contribution in [1.82, 2.24) is 5.32 Å². The first-order valence-corrected chi connectivity index (χ1v) is 4.44. The summed E-state index contributed by atoms with van der Waals surface area (Å²) < 4.78 is 37.3. The highest BCUT2D eigenvalue weighted by molar-refractivity contribution is 4.95. The topological polar surface area (TPSA) is 12.0 Å². The van der Waals surface area contributed by atoms with Crippen LogP contribution in [0.5, 0.6) is 0 Å². The van der Waals surface area contributed by atoms with Crippen LogP contribution in [0.25, 0.3) is 0 Å². The molecule has 4 heteroatoms. The number of hydrogen-bond acceptors (Lipinski definition) is 1. The van der Waals surface area contributed by atoms with Crippen molar-refractivity contribution >= 4 is 0 Å². The molecular formula is C9H14F3N. The van der Waals surface area contributed by atoms with Crippen LogP contribution in [-0.2, 0) is 0 Å². The van der Waals surface area contributed by atoms with Crippen LogP contribution in [0.15, 0.2) is 12.2 Å². The van der Waals surface area contributed by atoms with E-state index < -0.39 is 12.2 Å². The Bertz CT molecular complexity index is 186. The van der Waals surface area contributed by atoms with Crippen LogP contribution in [0, 0.1) is 5.92 Å². The summed E-state index contributed by atoms with van der Waals surface area (Å²) in [6.07, 6.45) is 1.58. The molecular weight excluding hydrogens is 179 g/mol. The first-order valence-electron chi connectivity index (χ1n) is 4.44. The van der Waals surface area contributed by atoms with Crippen molar-refractivity contribution in [2.24, 2.45) is 5.92 Å². The van der Waals surface area contributed by atoms with Crippen molar-refractivity contribution in [3.8, 4) is 0 Å². The van der Waals surface area contributed by atoms with Gasteiger partial charge in [-0.2, -0.15) is 13.2 Å². The molecule has 1 N–H and O–H groups in total. The second-order valence-electron chi connectivity index (χ2n) is 3.35. The second-order valence-corrected chi connectivity index (χ2v) is 3.35. The zero-order chi connectivity index (χ0) is 9.90. The Hall–Kier alpha value is -0.510. The average Bonchev–Trinajstić information content (AvgIpc) is 2.05. The molecule has 0 radical (unpaired) electrons. The summed E-state index contributed by atoms with van der Waals surface area (Å²) in [5, 5.41) is 2.35. The fraction of sp³-hybridized carbons (Fsp3) is 0.778. The van der Waals surface area contributed by atoms with Crippen LogP contribution in [0.4, 0.5) is 13.2 Å². The molecule has 76 valence electrons. The third-order valence-corrected chi connectivity index (χ3v) is 2.44. The summed E-state index contributed by atoms with van der Waals surface area (Å²) in [5.74, 6) is -0.296. The van der Waals surface area contributed by atoms with Gasteiger partial charge < -0.3 is 5.32 Å². The lowest BCUT2D eigenvalue weighted by Crippen LogP contribution is -2.46. The Balaban J connectivity index is 2.60. The van der Waals surface area contributed by atoms with Gasteiger partial charge in [0.1, 0.15) is 6.04 Å². The summed E-state index contributed by atoms with van der Waals surface area (Å²) in [4.78, 5) is 0. The molecule has 1 aliphatic carbocycles. The molecule has 0 bridgehead atoms. The number of allylic oxidation sites excluding steroid dienone is 2. The van der Waals surface area contributed by atoms with Crippen LogP contribution < -0.4 is 5.32 Å². The smallest absolute Gasteiger partial charge is 0.309 e. The van der Waals surface area contributed by atoms with Gasteiger partial charge in [-0.05, 0) is 32.2 Å². The SMILES string of the molecule is CNC([C@H]1CC=CCC1)C(F)(F)F. The molecule has 0 heterocycles. The number of rotatable bonds is 2. The quantitative estimate of drug-likeness (QED) is 0.664. The van der Waals surface area contributed by atoms with Crippen molar-refractivity contribution in [3.63, 3.8) is 0 Å². The van der Waals surface area contributed by atoms with E-state index in [0.29, 0.717) is 12.8 Å². The molecule has 1 unspecified atom stereocenters. The van der Waals surface area contributed by atoms with Gasteiger partial charge in [0.25, 0.3) is 0 Å². The molecule has 0 aromatic heterocycles. The molecule has 1 nitrogen and oxygen atoms in total. The van der Waals surface area contributed by atoms with Crippen LogP contribution in [0.1, 0.15) is 19.3 Å². The van der Waals surface area contributed by atoms with E-state index in [1.807, 2.05) is 12.2 Å². The van der Waals surface area contributed by atoms with E-state index in [9.17, 15) is 13.2 Å². The summed E-state index contributed by atoms with van der Waals surface area (Å²) >= 11 is 0. The summed E-state index contributed by atoms with van der Waals surface area (Å²) in [7, 11) is 1.37. The maximum Gasteiger partial charge on any atom is 0.404 e. The molecule has 1 aliphatic rings. The fourth-order valence-corrected chi connectivity index (χ4v) is 1.79. The molecule has 1 rings (SSSR count). The van der Waals surface area contributed by atoms with Gasteiger partial charge in [-0.25, -0.2) is 0 Å². The van der Waals surface area contributed by atoms with Gasteiger partial charge in [0.15, 0.2) is 0 Å². The molecule has 0 aliphatic heterocycles. The predicted octanol–water partition coefficient (Wildman–Crippen LogP) is 2.49. The lowest BCUT2D eigenvalue weighted by Gasteiger charge is -2.29. The molecule has 13 heavy (non-hydrogen) atoms. The number of alkyl halides is 3. The maximum absolute atomic E-state index is 12.4. The first kappa shape index (κ1) is 10.6. The van der Waals surface area contributed by atoms with Gasteiger partial charge in [0.2, 0.25) is 0 Å². The maximum atomic E-state index is 12.4. The minimum Gasteiger partial charge on any atom is -0.309 e. The van der Waals surface area contributed by atoms with E-state index in [1.165, 1.54) is 7.05 Å². The summed E-state index contributed by atoms with van der Waals surface area (Å²) in [6, 6.07) is -1.35. The van der Waals surface area contributed by atoms with Crippen LogP contribution in [0.3, 0.4) is 0 Å². The predicted molar refractivity (Wildman–Crippen MR) is 45.4 cm³/mol. The van der Waals surface area contributed by atoms with Gasteiger partial charge in [-0.3, -0.25) is 0 Å². The zero-order valence-electron chi connectivity index (χ0n) is 7.56. The highest BCUT2D eigenvalue weighted by Gasteiger charge is 2.43. The fourth-order valence-electron chi connectivity index (χ4n) is 1.79. The summed E-state index contributed by atoms with van der Waals surface area (Å²) in [5.41, 5.74) is 0. The van der Waals surface area contributed by atoms with Crippen LogP contribution in [-0.4, -0.2) is 19.3 Å². The van der Waals surface area contributed by atoms with E-state index >= 15 is 0 Å². The first-order chi connectivity index (χ1) is 6.05. The van der Waals surface area contributed by atoms with Crippen molar-refractivity contribution in [2.75, 3.05) is 7.05 Å². The van der Waals surface area contributed by atoms with E-state index in [2.05, 4.69) is 5.32 Å². The lowest BCUT2D eigenvalue weighted by molar-refractivity contribution is -0.167. The molecule has 0 amide bonds. The molecule has 0 aromatic rings. The molecule has 0 saturated carbocycles. The zero-order valence-corrected chi connectivity index (χ0v) is 7.56. The van der Waals surface area contributed by atoms with E-state index in [4.69, 9.17) is 0 Å². The Kier molecular flexibility index (Phi) is 3.36. The van der Waals surface area contributed by atoms with Gasteiger partial charge in [-0.15, -0.1) is 0 Å². The van der Waals surface area contributed by atoms with Crippen molar-refractivity contribution < 1.29 is 13.2 Å². The molecule has 0 aromatic carbocycles. The van der Waals surface area contributed by atoms with E-state index in [1.54, 1.807) is 0 Å². The number of nitrogens with one attached hydrogen (secondary N) is 1. The molecule has 0 fully saturated rings. The minimum atomic E-state index is -4.12. The van der Waals surface area contributed by atoms with Crippen LogP contribution >= 0.6 is 0 Å². The Morgan fingerprint density at radius 3 is 2.46 bits per heavy atom. The van der Waals surface area contributed by atoms with Gasteiger partial charge in [0.05, 0.1) is 0 Å². The number of hydrogen-bond donors (Lipinski definition) is 1. The summed E-state index contributed by atoms with van der Waals surface area (Å²) in [6.45, 7) is 0. The largest absolute Gasteiger partial charge is 0.404 e. The van der Waals surface area contributed by atoms with E-state index in [-0.39, 0.29) is 5.92 Å². The van der Waals surface area contributed by atoms with Gasteiger partial charge >= 0.3 is 6.18 Å². The highest BCUT2D eigenvalue weighted by Crippen LogP contribution is 2.31. The Labute approximate surface area is 76.0 Å². The van der Waals surface area contributed by atoms with Gasteiger partial charge in [-0.1, -0.05) is 12.2 Å². The Morgan fingerprint density at radius 1 is 1.38 bits per heavy atom. The highest BCUT2D eigenvalue weighted by atomic mass is 19.4. The van der Waals surface area contributed by atoms with E-state index in [0.717, 1.165) is 6.42 Å². The van der Waals surface area contributed by atoms with Crippen LogP contribution in [0.2, 0.25) is 0 Å². The van der Waals surface area contributed by atoms with Crippen molar-refractivity contribution in [2.45, 2.75) is 31.5 Å². The van der Waals surface area contributed by atoms with Crippen molar-refractivity contribution in [3.05, 3.63) is 12.2 Å². The Morgan fingerprint density at radius 2 is 2.08 bits per heavy atom. The molecule has 2 atom stereocenters. The second kappa shape index (κ2) is 4.13. The van der Waals surface area contributed by atoms with Crippen molar-refractivity contribution in [1.29, 1.82) is 0 Å². The lowest BCUT2D eigenvalue weighted by atomic mass is 9.87. The monoisotopic (exact) mass is 193 g/mol. The third-order valence-electron chi connectivity index (χ3n) is 2.44. The molecule has 0 saturated heterocycles. The average molecular weight is 193 g/mol. The number of halogens is 3. The minimum absolute atomic E-state index is 0.296. The molecule has 0 spiro atoms. The normalized spacial score (nSPS) is 26.0. The standard InChI is InChI=1S/C9H14F3N/c1-13-8(9(10,11)12)7-5-3-2-4-6-7/h2-3,7-8,13H,4-6H2,1H3/t7-,8?/m0/s1. The third kappa shape index (κ3) is 2.72.